The summed E-state index contributed by atoms with van der Waals surface area (Å²) in [6, 6.07) is 0. The molecule has 0 bridgehead atoms. The molecule has 3 aliphatic rings. The second-order valence-corrected chi connectivity index (χ2v) is 9.18. The Hall–Kier alpha value is -0.160. The molecule has 3 rings (SSSR count). The molecular formula is C19H37N3O. The maximum atomic E-state index is 11.0. The Labute approximate surface area is 142 Å². The van der Waals surface area contributed by atoms with Gasteiger partial charge in [0, 0.05) is 52.4 Å². The van der Waals surface area contributed by atoms with E-state index in [-0.39, 0.29) is 0 Å². The maximum Gasteiger partial charge on any atom is 0.0798 e. The summed E-state index contributed by atoms with van der Waals surface area (Å²) in [5, 5.41) is 11.0. The maximum absolute atomic E-state index is 11.0. The average molecular weight is 324 g/mol. The third-order valence-corrected chi connectivity index (χ3v) is 6.26. The van der Waals surface area contributed by atoms with Gasteiger partial charge in [0.1, 0.15) is 0 Å². The van der Waals surface area contributed by atoms with Crippen molar-refractivity contribution in [2.24, 2.45) is 11.3 Å². The van der Waals surface area contributed by atoms with E-state index in [9.17, 15) is 5.11 Å². The highest BCUT2D eigenvalue weighted by Crippen LogP contribution is 2.51. The Morgan fingerprint density at radius 3 is 1.91 bits per heavy atom. The van der Waals surface area contributed by atoms with E-state index < -0.39 is 5.60 Å². The van der Waals surface area contributed by atoms with Gasteiger partial charge < -0.3 is 14.9 Å². The van der Waals surface area contributed by atoms with Gasteiger partial charge in [-0.2, -0.15) is 0 Å². The summed E-state index contributed by atoms with van der Waals surface area (Å²) in [6.07, 6.45) is 6.14. The Morgan fingerprint density at radius 1 is 0.826 bits per heavy atom. The lowest BCUT2D eigenvalue weighted by molar-refractivity contribution is -0.0543. The van der Waals surface area contributed by atoms with E-state index >= 15 is 0 Å². The molecule has 1 N–H and O–H groups in total. The highest BCUT2D eigenvalue weighted by atomic mass is 16.3. The van der Waals surface area contributed by atoms with Gasteiger partial charge in [0.15, 0.2) is 0 Å². The summed E-state index contributed by atoms with van der Waals surface area (Å²) < 4.78 is 0. The van der Waals surface area contributed by atoms with Crippen LogP contribution in [0.5, 0.6) is 0 Å². The first-order valence-corrected chi connectivity index (χ1v) is 9.74. The monoisotopic (exact) mass is 323 g/mol. The van der Waals surface area contributed by atoms with Crippen LogP contribution in [-0.4, -0.2) is 84.8 Å². The molecule has 0 aromatic carbocycles. The Morgan fingerprint density at radius 2 is 1.39 bits per heavy atom. The molecule has 0 aromatic heterocycles. The van der Waals surface area contributed by atoms with Gasteiger partial charge in [0.05, 0.1) is 5.60 Å². The van der Waals surface area contributed by atoms with Crippen molar-refractivity contribution in [2.75, 3.05) is 59.4 Å². The fraction of sp³-hybridized carbons (Fsp3) is 1.00. The minimum atomic E-state index is -0.443. The molecule has 2 aliphatic heterocycles. The fourth-order valence-electron chi connectivity index (χ4n) is 4.65. The number of likely N-dealkylation sites (tertiary alicyclic amines) is 1. The molecule has 0 unspecified atom stereocenters. The zero-order valence-electron chi connectivity index (χ0n) is 15.6. The number of piperidine rings is 1. The van der Waals surface area contributed by atoms with Crippen molar-refractivity contribution in [2.45, 2.75) is 51.6 Å². The van der Waals surface area contributed by atoms with Crippen molar-refractivity contribution in [3.05, 3.63) is 0 Å². The lowest BCUT2D eigenvalue weighted by atomic mass is 9.88. The van der Waals surface area contributed by atoms with E-state index in [1.165, 1.54) is 25.8 Å². The minimum absolute atomic E-state index is 0.443. The molecule has 0 aromatic rings. The molecular weight excluding hydrogens is 286 g/mol. The highest BCUT2D eigenvalue weighted by Gasteiger charge is 2.45. The minimum Gasteiger partial charge on any atom is -0.388 e. The topological polar surface area (TPSA) is 30.0 Å². The van der Waals surface area contributed by atoms with Crippen LogP contribution in [0.4, 0.5) is 0 Å². The van der Waals surface area contributed by atoms with Gasteiger partial charge >= 0.3 is 0 Å². The van der Waals surface area contributed by atoms with E-state index in [0.29, 0.717) is 5.41 Å². The largest absolute Gasteiger partial charge is 0.388 e. The van der Waals surface area contributed by atoms with Gasteiger partial charge in [-0.05, 0) is 50.5 Å². The number of piperazine rings is 1. The molecule has 0 spiro atoms. The van der Waals surface area contributed by atoms with Crippen LogP contribution in [0.1, 0.15) is 46.0 Å². The van der Waals surface area contributed by atoms with Crippen molar-refractivity contribution >= 4 is 0 Å². The first kappa shape index (κ1) is 17.7. The first-order chi connectivity index (χ1) is 10.9. The van der Waals surface area contributed by atoms with Crippen LogP contribution in [0, 0.1) is 11.3 Å². The van der Waals surface area contributed by atoms with Crippen LogP contribution in [0.25, 0.3) is 0 Å². The molecule has 0 atom stereocenters. The predicted octanol–water partition coefficient (Wildman–Crippen LogP) is 1.89. The van der Waals surface area contributed by atoms with Crippen LogP contribution in [0.15, 0.2) is 0 Å². The molecule has 0 radical (unpaired) electrons. The third kappa shape index (κ3) is 4.91. The molecule has 2 heterocycles. The summed E-state index contributed by atoms with van der Waals surface area (Å²) in [7, 11) is 2.19. The van der Waals surface area contributed by atoms with Gasteiger partial charge in [-0.3, -0.25) is 4.90 Å². The molecule has 4 heteroatoms. The molecule has 3 fully saturated rings. The second-order valence-electron chi connectivity index (χ2n) is 9.18. The summed E-state index contributed by atoms with van der Waals surface area (Å²) >= 11 is 0. The Bertz CT molecular complexity index is 378. The van der Waals surface area contributed by atoms with E-state index in [1.54, 1.807) is 0 Å². The Balaban J connectivity index is 1.42. The highest BCUT2D eigenvalue weighted by molar-refractivity contribution is 4.98. The van der Waals surface area contributed by atoms with Gasteiger partial charge in [0.2, 0.25) is 0 Å². The van der Waals surface area contributed by atoms with Gasteiger partial charge in [0.25, 0.3) is 0 Å². The lowest BCUT2D eigenvalue weighted by Gasteiger charge is -2.43. The number of rotatable bonds is 6. The number of hydrogen-bond donors (Lipinski definition) is 1. The van der Waals surface area contributed by atoms with Crippen molar-refractivity contribution in [1.29, 1.82) is 0 Å². The number of β-amino-alcohol motifs (C(OH)–C–C–N with tert-alkyl or cyclic N) is 1. The zero-order valence-corrected chi connectivity index (χ0v) is 15.6. The van der Waals surface area contributed by atoms with Gasteiger partial charge in [-0.1, -0.05) is 13.8 Å². The molecule has 2 saturated heterocycles. The number of hydrogen-bond acceptors (Lipinski definition) is 4. The van der Waals surface area contributed by atoms with Crippen LogP contribution >= 0.6 is 0 Å². The number of nitrogens with zero attached hydrogens (tertiary/aromatic N) is 3. The number of likely N-dealkylation sites (N-methyl/N-ethyl adjacent to an activating group) is 1. The van der Waals surface area contributed by atoms with Crippen molar-refractivity contribution in [3.8, 4) is 0 Å². The quantitative estimate of drug-likeness (QED) is 0.808. The average Bonchev–Trinajstić information content (AvgIpc) is 3.23. The SMILES string of the molecule is CC(C)CC1(CN2CCC(O)(CN3CCN(C)CC3)CC2)CC1. The Kier molecular flexibility index (Phi) is 5.37. The fourth-order valence-corrected chi connectivity index (χ4v) is 4.65. The van der Waals surface area contributed by atoms with Crippen LogP contribution in [-0.2, 0) is 0 Å². The van der Waals surface area contributed by atoms with Gasteiger partial charge in [-0.15, -0.1) is 0 Å². The molecule has 4 nitrogen and oxygen atoms in total. The third-order valence-electron chi connectivity index (χ3n) is 6.26. The molecule has 23 heavy (non-hydrogen) atoms. The summed E-state index contributed by atoms with van der Waals surface area (Å²) in [4.78, 5) is 7.48. The van der Waals surface area contributed by atoms with Crippen molar-refractivity contribution in [1.82, 2.24) is 14.7 Å². The van der Waals surface area contributed by atoms with E-state index in [1.807, 2.05) is 0 Å². The summed E-state index contributed by atoms with van der Waals surface area (Å²) in [6.45, 7) is 13.5. The standard InChI is InChI=1S/C19H37N3O/c1-17(2)14-18(4-5-18)15-21-8-6-19(23,7-9-21)16-22-12-10-20(3)11-13-22/h17,23H,4-16H2,1-3H3. The van der Waals surface area contributed by atoms with Crippen LogP contribution in [0.3, 0.4) is 0 Å². The zero-order chi connectivity index (χ0) is 16.5. The smallest absolute Gasteiger partial charge is 0.0798 e. The molecule has 0 amide bonds. The summed E-state index contributed by atoms with van der Waals surface area (Å²) in [5.41, 5.74) is 0.183. The van der Waals surface area contributed by atoms with E-state index in [2.05, 4.69) is 35.6 Å². The van der Waals surface area contributed by atoms with Crippen molar-refractivity contribution < 1.29 is 5.11 Å². The lowest BCUT2D eigenvalue weighted by Crippen LogP contribution is -2.55. The second kappa shape index (κ2) is 6.99. The number of aliphatic hydroxyl groups is 1. The van der Waals surface area contributed by atoms with E-state index in [4.69, 9.17) is 0 Å². The molecule has 1 aliphatic carbocycles. The van der Waals surface area contributed by atoms with Crippen LogP contribution in [0.2, 0.25) is 0 Å². The summed E-state index contributed by atoms with van der Waals surface area (Å²) in [5.74, 6) is 0.816. The first-order valence-electron chi connectivity index (χ1n) is 9.74. The normalized spacial score (nSPS) is 29.1. The van der Waals surface area contributed by atoms with Gasteiger partial charge in [-0.25, -0.2) is 0 Å². The predicted molar refractivity (Wildman–Crippen MR) is 95.7 cm³/mol. The van der Waals surface area contributed by atoms with Crippen molar-refractivity contribution in [3.63, 3.8) is 0 Å². The molecule has 1 saturated carbocycles. The van der Waals surface area contributed by atoms with Crippen LogP contribution < -0.4 is 0 Å². The van der Waals surface area contributed by atoms with E-state index in [0.717, 1.165) is 64.6 Å². The molecule has 134 valence electrons.